The number of hydrogen-bond donors (Lipinski definition) is 1. The Morgan fingerprint density at radius 3 is 2.70 bits per heavy atom. The summed E-state index contributed by atoms with van der Waals surface area (Å²) in [7, 11) is 1.64. The number of nitrogens with zero attached hydrogens (tertiary/aromatic N) is 5. The topological polar surface area (TPSA) is 89.0 Å². The van der Waals surface area contributed by atoms with Crippen LogP contribution < -0.4 is 15.4 Å². The van der Waals surface area contributed by atoms with Crippen LogP contribution in [0.1, 0.15) is 58.9 Å². The molecule has 3 aromatic rings. The summed E-state index contributed by atoms with van der Waals surface area (Å²) in [6.45, 7) is 6.51. The molecule has 0 spiro atoms. The van der Waals surface area contributed by atoms with Crippen molar-refractivity contribution in [3.63, 3.8) is 0 Å². The van der Waals surface area contributed by atoms with Crippen molar-refractivity contribution in [3.05, 3.63) is 52.8 Å². The molecule has 1 aromatic carbocycles. The van der Waals surface area contributed by atoms with Crippen molar-refractivity contribution in [2.24, 2.45) is 5.73 Å². The zero-order chi connectivity index (χ0) is 23.1. The van der Waals surface area contributed by atoms with Gasteiger partial charge in [0.05, 0.1) is 18.8 Å². The molecule has 5 rings (SSSR count). The molecular weight excluding hydrogens is 416 g/mol. The SMILES string of the molecule is COc1ccc(C(=O)N2CCCCC2c2cc3nc(N4CCC(N)C4)c(C)cn3n2)c(C)c1. The third kappa shape index (κ3) is 4.04. The number of piperidine rings is 1. The molecule has 0 aliphatic carbocycles. The van der Waals surface area contributed by atoms with E-state index in [1.165, 1.54) is 0 Å². The number of anilines is 1. The van der Waals surface area contributed by atoms with Gasteiger partial charge in [-0.25, -0.2) is 9.50 Å². The number of benzene rings is 1. The summed E-state index contributed by atoms with van der Waals surface area (Å²) in [4.78, 5) is 22.7. The Labute approximate surface area is 194 Å². The first-order chi connectivity index (χ1) is 15.9. The summed E-state index contributed by atoms with van der Waals surface area (Å²) in [6, 6.07) is 7.81. The number of ether oxygens (including phenoxy) is 1. The predicted molar refractivity (Wildman–Crippen MR) is 128 cm³/mol. The second-order valence-electron chi connectivity index (χ2n) is 9.31. The molecule has 0 bridgehead atoms. The number of aromatic nitrogens is 3. The molecule has 2 aliphatic heterocycles. The molecule has 2 aliphatic rings. The van der Waals surface area contributed by atoms with Crippen LogP contribution in [0.4, 0.5) is 5.82 Å². The predicted octanol–water partition coefficient (Wildman–Crippen LogP) is 3.26. The lowest BCUT2D eigenvalue weighted by Crippen LogP contribution is -2.39. The summed E-state index contributed by atoms with van der Waals surface area (Å²) in [5, 5.41) is 4.85. The lowest BCUT2D eigenvalue weighted by Gasteiger charge is -2.35. The molecule has 8 nitrogen and oxygen atoms in total. The Hall–Kier alpha value is -3.13. The highest BCUT2D eigenvalue weighted by Gasteiger charge is 2.32. The minimum atomic E-state index is -0.0570. The van der Waals surface area contributed by atoms with E-state index in [1.54, 1.807) is 7.11 Å². The maximum atomic E-state index is 13.5. The molecule has 0 radical (unpaired) electrons. The quantitative estimate of drug-likeness (QED) is 0.659. The largest absolute Gasteiger partial charge is 0.497 e. The van der Waals surface area contributed by atoms with Crippen molar-refractivity contribution in [2.45, 2.75) is 51.6 Å². The minimum absolute atomic E-state index is 0.0489. The number of rotatable bonds is 4. The average molecular weight is 449 g/mol. The van der Waals surface area contributed by atoms with E-state index in [0.717, 1.165) is 79.4 Å². The number of carbonyl (C=O) groups excluding carboxylic acids is 1. The molecular formula is C25H32N6O2. The fourth-order valence-electron chi connectivity index (χ4n) is 5.12. The second-order valence-corrected chi connectivity index (χ2v) is 9.31. The Bertz CT molecular complexity index is 1190. The normalized spacial score (nSPS) is 21.1. The number of amides is 1. The highest BCUT2D eigenvalue weighted by Crippen LogP contribution is 2.33. The number of aryl methyl sites for hydroxylation is 2. The molecule has 1 amide bonds. The summed E-state index contributed by atoms with van der Waals surface area (Å²) in [5.41, 5.74) is 10.5. The van der Waals surface area contributed by atoms with Crippen LogP contribution in [0.25, 0.3) is 5.65 Å². The van der Waals surface area contributed by atoms with Gasteiger partial charge in [-0.2, -0.15) is 5.10 Å². The Kier molecular flexibility index (Phi) is 5.70. The van der Waals surface area contributed by atoms with Gasteiger partial charge < -0.3 is 20.3 Å². The number of methoxy groups -OCH3 is 1. The van der Waals surface area contributed by atoms with E-state index in [-0.39, 0.29) is 18.0 Å². The maximum Gasteiger partial charge on any atom is 0.254 e. The van der Waals surface area contributed by atoms with E-state index in [1.807, 2.05) is 46.8 Å². The van der Waals surface area contributed by atoms with Gasteiger partial charge in [-0.05, 0) is 63.3 Å². The summed E-state index contributed by atoms with van der Waals surface area (Å²) >= 11 is 0. The molecule has 8 heteroatoms. The smallest absolute Gasteiger partial charge is 0.254 e. The first-order valence-corrected chi connectivity index (χ1v) is 11.8. The van der Waals surface area contributed by atoms with Gasteiger partial charge in [-0.1, -0.05) is 0 Å². The fraction of sp³-hybridized carbons (Fsp3) is 0.480. The molecule has 174 valence electrons. The molecule has 0 saturated carbocycles. The summed E-state index contributed by atoms with van der Waals surface area (Å²) in [6.07, 6.45) is 6.00. The zero-order valence-corrected chi connectivity index (χ0v) is 19.6. The molecule has 2 N–H and O–H groups in total. The van der Waals surface area contributed by atoms with Gasteiger partial charge in [0.1, 0.15) is 11.6 Å². The minimum Gasteiger partial charge on any atom is -0.497 e. The Morgan fingerprint density at radius 1 is 1.12 bits per heavy atom. The average Bonchev–Trinajstić information content (AvgIpc) is 3.43. The summed E-state index contributed by atoms with van der Waals surface area (Å²) < 4.78 is 7.15. The number of carbonyl (C=O) groups is 1. The van der Waals surface area contributed by atoms with E-state index in [4.69, 9.17) is 20.6 Å². The molecule has 2 atom stereocenters. The van der Waals surface area contributed by atoms with Crippen molar-refractivity contribution in [3.8, 4) is 5.75 Å². The molecule has 2 fully saturated rings. The molecule has 2 unspecified atom stereocenters. The van der Waals surface area contributed by atoms with Gasteiger partial charge in [0.25, 0.3) is 5.91 Å². The molecule has 2 aromatic heterocycles. The number of nitrogens with two attached hydrogens (primary N) is 1. The van der Waals surface area contributed by atoms with Gasteiger partial charge in [-0.3, -0.25) is 4.79 Å². The zero-order valence-electron chi connectivity index (χ0n) is 19.6. The van der Waals surface area contributed by atoms with Gasteiger partial charge in [0.2, 0.25) is 0 Å². The second kappa shape index (κ2) is 8.67. The van der Waals surface area contributed by atoms with Crippen molar-refractivity contribution < 1.29 is 9.53 Å². The lowest BCUT2D eigenvalue weighted by atomic mass is 9.97. The first-order valence-electron chi connectivity index (χ1n) is 11.8. The Balaban J connectivity index is 1.46. The van der Waals surface area contributed by atoms with E-state index in [9.17, 15) is 4.79 Å². The third-order valence-electron chi connectivity index (χ3n) is 6.92. The molecule has 4 heterocycles. The van der Waals surface area contributed by atoms with Crippen LogP contribution in [0, 0.1) is 13.8 Å². The fourth-order valence-corrected chi connectivity index (χ4v) is 5.12. The van der Waals surface area contributed by atoms with Crippen LogP contribution in [-0.4, -0.2) is 58.2 Å². The monoisotopic (exact) mass is 448 g/mol. The molecule has 33 heavy (non-hydrogen) atoms. The van der Waals surface area contributed by atoms with Crippen LogP contribution in [0.2, 0.25) is 0 Å². The number of fused-ring (bicyclic) bond motifs is 1. The lowest BCUT2D eigenvalue weighted by molar-refractivity contribution is 0.0605. The van der Waals surface area contributed by atoms with Crippen molar-refractivity contribution in [1.82, 2.24) is 19.5 Å². The van der Waals surface area contributed by atoms with Crippen molar-refractivity contribution in [2.75, 3.05) is 31.6 Å². The highest BCUT2D eigenvalue weighted by atomic mass is 16.5. The van der Waals surface area contributed by atoms with Crippen molar-refractivity contribution >= 4 is 17.4 Å². The van der Waals surface area contributed by atoms with Gasteiger partial charge >= 0.3 is 0 Å². The summed E-state index contributed by atoms with van der Waals surface area (Å²) in [5.74, 6) is 1.79. The Morgan fingerprint density at radius 2 is 1.97 bits per heavy atom. The van der Waals surface area contributed by atoms with Crippen LogP contribution in [0.15, 0.2) is 30.5 Å². The standard InChI is InChI=1S/C25H32N6O2/c1-16-12-19(33-3)7-8-20(16)25(32)30-10-5-4-6-22(30)21-13-23-27-24(17(2)14-31(23)28-21)29-11-9-18(26)15-29/h7-8,12-14,18,22H,4-6,9-11,15,26H2,1-3H3. The van der Waals surface area contributed by atoms with Gasteiger partial charge in [0, 0.05) is 49.1 Å². The van der Waals surface area contributed by atoms with Crippen molar-refractivity contribution in [1.29, 1.82) is 0 Å². The van der Waals surface area contributed by atoms with Crippen LogP contribution in [0.3, 0.4) is 0 Å². The highest BCUT2D eigenvalue weighted by molar-refractivity contribution is 5.96. The van der Waals surface area contributed by atoms with E-state index in [0.29, 0.717) is 5.56 Å². The van der Waals surface area contributed by atoms with E-state index in [2.05, 4.69) is 11.8 Å². The van der Waals surface area contributed by atoms with Crippen LogP contribution >= 0.6 is 0 Å². The van der Waals surface area contributed by atoms with Crippen LogP contribution in [-0.2, 0) is 0 Å². The van der Waals surface area contributed by atoms with Gasteiger partial charge in [-0.15, -0.1) is 0 Å². The first kappa shape index (κ1) is 21.7. The van der Waals surface area contributed by atoms with E-state index >= 15 is 0 Å². The van der Waals surface area contributed by atoms with Gasteiger partial charge in [0.15, 0.2) is 5.65 Å². The third-order valence-corrected chi connectivity index (χ3v) is 6.92. The number of likely N-dealkylation sites (tertiary alicyclic amines) is 1. The van der Waals surface area contributed by atoms with E-state index < -0.39 is 0 Å². The molecule has 2 saturated heterocycles. The number of hydrogen-bond acceptors (Lipinski definition) is 6. The van der Waals surface area contributed by atoms with Crippen LogP contribution in [0.5, 0.6) is 5.75 Å². The maximum absolute atomic E-state index is 13.5.